The number of benzene rings is 3. The van der Waals surface area contributed by atoms with Crippen molar-refractivity contribution in [2.24, 2.45) is 0 Å². The van der Waals surface area contributed by atoms with Crippen molar-refractivity contribution in [3.63, 3.8) is 0 Å². The number of aromatic nitrogens is 5. The molecule has 32 heavy (non-hydrogen) atoms. The first kappa shape index (κ1) is 19.4. The highest BCUT2D eigenvalue weighted by Gasteiger charge is 2.16. The maximum atomic E-state index is 13.5. The van der Waals surface area contributed by atoms with E-state index in [2.05, 4.69) is 25.6 Å². The topological polar surface area (TPSA) is 88.5 Å². The van der Waals surface area contributed by atoms with Gasteiger partial charge in [-0.1, -0.05) is 48.5 Å². The Balaban J connectivity index is 1.39. The third-order valence-corrected chi connectivity index (χ3v) is 4.84. The van der Waals surface area contributed by atoms with Crippen molar-refractivity contribution in [3.8, 4) is 28.5 Å². The molecule has 0 aliphatic carbocycles. The molecule has 0 spiro atoms. The lowest BCUT2D eigenvalue weighted by atomic mass is 10.1. The summed E-state index contributed by atoms with van der Waals surface area (Å²) in [7, 11) is 0. The smallest absolute Gasteiger partial charge is 0.276 e. The summed E-state index contributed by atoms with van der Waals surface area (Å²) in [6.45, 7) is 0. The number of nitrogens with one attached hydrogen (secondary N) is 2. The van der Waals surface area contributed by atoms with Crippen molar-refractivity contribution < 1.29 is 9.18 Å². The van der Waals surface area contributed by atoms with Gasteiger partial charge in [-0.2, -0.15) is 10.2 Å². The van der Waals surface area contributed by atoms with Crippen LogP contribution in [0.2, 0.25) is 0 Å². The highest BCUT2D eigenvalue weighted by molar-refractivity contribution is 6.04. The average molecular weight is 424 g/mol. The Hall–Kier alpha value is -4.59. The molecule has 5 aromatic rings. The Morgan fingerprint density at radius 1 is 0.938 bits per heavy atom. The molecule has 0 aliphatic heterocycles. The van der Waals surface area contributed by atoms with Gasteiger partial charge in [0.2, 0.25) is 0 Å². The van der Waals surface area contributed by atoms with Crippen LogP contribution in [0.25, 0.3) is 28.5 Å². The summed E-state index contributed by atoms with van der Waals surface area (Å²) < 4.78 is 14.9. The zero-order valence-electron chi connectivity index (χ0n) is 16.7. The summed E-state index contributed by atoms with van der Waals surface area (Å²) in [5.41, 5.74) is 2.87. The molecule has 1 amide bonds. The van der Waals surface area contributed by atoms with Crippen LogP contribution in [-0.2, 0) is 0 Å². The number of halogens is 1. The Morgan fingerprint density at radius 3 is 2.59 bits per heavy atom. The maximum absolute atomic E-state index is 13.5. The number of aromatic amines is 1. The molecular weight excluding hydrogens is 407 g/mol. The molecule has 3 aromatic carbocycles. The zero-order chi connectivity index (χ0) is 21.9. The summed E-state index contributed by atoms with van der Waals surface area (Å²) >= 11 is 0. The molecular formula is C24H17FN6O. The van der Waals surface area contributed by atoms with Crippen molar-refractivity contribution in [1.29, 1.82) is 0 Å². The third-order valence-electron chi connectivity index (χ3n) is 4.84. The second-order valence-electron chi connectivity index (χ2n) is 7.00. The standard InChI is InChI=1S/C24H17FN6O/c25-17-9-6-10-18(15-17)31-14-13-21(30-31)24(32)26-20-12-5-4-11-19(20)23-27-22(28-29-23)16-7-2-1-3-8-16/h1-15H,(H,26,32)(H,27,28,29). The minimum absolute atomic E-state index is 0.201. The molecule has 0 unspecified atom stereocenters. The lowest BCUT2D eigenvalue weighted by Crippen LogP contribution is -2.14. The number of carbonyl (C=O) groups is 1. The fourth-order valence-electron chi connectivity index (χ4n) is 3.29. The fourth-order valence-corrected chi connectivity index (χ4v) is 3.29. The molecule has 0 saturated heterocycles. The average Bonchev–Trinajstić information content (AvgIpc) is 3.51. The third kappa shape index (κ3) is 3.89. The van der Waals surface area contributed by atoms with E-state index in [1.807, 2.05) is 48.5 Å². The second-order valence-corrected chi connectivity index (χ2v) is 7.00. The van der Waals surface area contributed by atoms with E-state index in [1.165, 1.54) is 16.8 Å². The molecule has 0 atom stereocenters. The minimum atomic E-state index is -0.393. The van der Waals surface area contributed by atoms with Crippen LogP contribution in [0.5, 0.6) is 0 Å². The number of para-hydroxylation sites is 1. The zero-order valence-corrected chi connectivity index (χ0v) is 16.7. The summed E-state index contributed by atoms with van der Waals surface area (Å²) in [6.07, 6.45) is 1.61. The summed E-state index contributed by atoms with van der Waals surface area (Å²) in [5, 5.41) is 14.4. The van der Waals surface area contributed by atoms with Gasteiger partial charge in [0.15, 0.2) is 17.3 Å². The van der Waals surface area contributed by atoms with E-state index in [0.717, 1.165) is 5.56 Å². The van der Waals surface area contributed by atoms with E-state index < -0.39 is 5.91 Å². The number of hydrogen-bond acceptors (Lipinski definition) is 4. The Labute approximate surface area is 182 Å². The molecule has 7 nitrogen and oxygen atoms in total. The Kier molecular flexibility index (Phi) is 5.01. The molecule has 2 heterocycles. The molecule has 8 heteroatoms. The van der Waals surface area contributed by atoms with Gasteiger partial charge in [-0.25, -0.2) is 14.1 Å². The SMILES string of the molecule is O=C(Nc1ccccc1-c1nc(-c2ccccc2)n[nH]1)c1ccn(-c2cccc(F)c2)n1. The largest absolute Gasteiger partial charge is 0.320 e. The van der Waals surface area contributed by atoms with Crippen molar-refractivity contribution in [2.75, 3.05) is 5.32 Å². The number of H-pyrrole nitrogens is 1. The fraction of sp³-hybridized carbons (Fsp3) is 0. The van der Waals surface area contributed by atoms with Crippen molar-refractivity contribution in [3.05, 3.63) is 103 Å². The number of rotatable bonds is 5. The number of nitrogens with zero attached hydrogens (tertiary/aromatic N) is 4. The van der Waals surface area contributed by atoms with Crippen LogP contribution >= 0.6 is 0 Å². The van der Waals surface area contributed by atoms with E-state index in [4.69, 9.17) is 0 Å². The first-order valence-corrected chi connectivity index (χ1v) is 9.87. The van der Waals surface area contributed by atoms with Crippen molar-refractivity contribution in [2.45, 2.75) is 0 Å². The Morgan fingerprint density at radius 2 is 1.75 bits per heavy atom. The highest BCUT2D eigenvalue weighted by atomic mass is 19.1. The lowest BCUT2D eigenvalue weighted by molar-refractivity contribution is 0.102. The minimum Gasteiger partial charge on any atom is -0.320 e. The second kappa shape index (κ2) is 8.27. The summed E-state index contributed by atoms with van der Waals surface area (Å²) in [5.74, 6) is 0.330. The molecule has 5 rings (SSSR count). The van der Waals surface area contributed by atoms with E-state index in [-0.39, 0.29) is 11.5 Å². The van der Waals surface area contributed by atoms with Crippen LogP contribution in [0, 0.1) is 5.82 Å². The van der Waals surface area contributed by atoms with E-state index >= 15 is 0 Å². The first-order valence-electron chi connectivity index (χ1n) is 9.87. The van der Waals surface area contributed by atoms with Crippen LogP contribution in [0.1, 0.15) is 10.5 Å². The van der Waals surface area contributed by atoms with Crippen LogP contribution in [-0.4, -0.2) is 30.9 Å². The van der Waals surface area contributed by atoms with Crippen molar-refractivity contribution in [1.82, 2.24) is 25.0 Å². The quantitative estimate of drug-likeness (QED) is 0.427. The van der Waals surface area contributed by atoms with Gasteiger partial charge in [-0.15, -0.1) is 0 Å². The summed E-state index contributed by atoms with van der Waals surface area (Å²) in [4.78, 5) is 17.4. The van der Waals surface area contributed by atoms with Gasteiger partial charge in [0.05, 0.1) is 11.4 Å². The molecule has 156 valence electrons. The normalized spacial score (nSPS) is 10.8. The van der Waals surface area contributed by atoms with E-state index in [1.54, 1.807) is 30.5 Å². The van der Waals surface area contributed by atoms with Gasteiger partial charge in [0.25, 0.3) is 5.91 Å². The molecule has 0 bridgehead atoms. The van der Waals surface area contributed by atoms with Crippen LogP contribution in [0.4, 0.5) is 10.1 Å². The van der Waals surface area contributed by atoms with Crippen LogP contribution in [0.15, 0.2) is 91.1 Å². The number of amides is 1. The first-order chi connectivity index (χ1) is 15.7. The molecule has 2 aromatic heterocycles. The molecule has 0 radical (unpaired) electrons. The van der Waals surface area contributed by atoms with Gasteiger partial charge >= 0.3 is 0 Å². The molecule has 0 saturated carbocycles. The molecule has 0 fully saturated rings. The van der Waals surface area contributed by atoms with Gasteiger partial charge in [-0.3, -0.25) is 9.89 Å². The number of anilines is 1. The predicted octanol–water partition coefficient (Wildman–Crippen LogP) is 4.72. The van der Waals surface area contributed by atoms with E-state index in [9.17, 15) is 9.18 Å². The molecule has 0 aliphatic rings. The highest BCUT2D eigenvalue weighted by Crippen LogP contribution is 2.27. The van der Waals surface area contributed by atoms with Gasteiger partial charge in [0, 0.05) is 17.3 Å². The van der Waals surface area contributed by atoms with Crippen molar-refractivity contribution >= 4 is 11.6 Å². The van der Waals surface area contributed by atoms with Crippen LogP contribution < -0.4 is 5.32 Å². The van der Waals surface area contributed by atoms with E-state index in [0.29, 0.717) is 28.6 Å². The Bertz CT molecular complexity index is 1390. The maximum Gasteiger partial charge on any atom is 0.276 e. The summed E-state index contributed by atoms with van der Waals surface area (Å²) in [6, 6.07) is 24.5. The predicted molar refractivity (Wildman–Crippen MR) is 119 cm³/mol. The molecule has 2 N–H and O–H groups in total. The van der Waals surface area contributed by atoms with Gasteiger partial charge in [0.1, 0.15) is 5.82 Å². The monoisotopic (exact) mass is 424 g/mol. The van der Waals surface area contributed by atoms with Gasteiger partial charge in [-0.05, 0) is 36.4 Å². The van der Waals surface area contributed by atoms with Crippen LogP contribution in [0.3, 0.4) is 0 Å². The lowest BCUT2D eigenvalue weighted by Gasteiger charge is -2.08. The number of hydrogen-bond donors (Lipinski definition) is 2. The number of carbonyl (C=O) groups excluding carboxylic acids is 1. The van der Waals surface area contributed by atoms with Gasteiger partial charge < -0.3 is 5.32 Å².